The van der Waals surface area contributed by atoms with E-state index >= 15 is 0 Å². The van der Waals surface area contributed by atoms with Gasteiger partial charge in [-0.1, -0.05) is 13.3 Å². The van der Waals surface area contributed by atoms with Crippen LogP contribution in [0.25, 0.3) is 0 Å². The number of thiophene rings is 1. The third-order valence-corrected chi connectivity index (χ3v) is 5.85. The Morgan fingerprint density at radius 3 is 2.86 bits per heavy atom. The van der Waals surface area contributed by atoms with E-state index in [1.54, 1.807) is 11.3 Å². The zero-order valence-electron chi connectivity index (χ0n) is 13.3. The molecule has 0 radical (unpaired) electrons. The van der Waals surface area contributed by atoms with E-state index in [0.717, 1.165) is 32.5 Å². The summed E-state index contributed by atoms with van der Waals surface area (Å²) in [6, 6.07) is 2.64. The van der Waals surface area contributed by atoms with Crippen molar-refractivity contribution in [2.75, 3.05) is 13.1 Å². The van der Waals surface area contributed by atoms with Gasteiger partial charge in [-0.15, -0.1) is 12.4 Å². The molecule has 1 aromatic heterocycles. The molecule has 0 bridgehead atoms. The van der Waals surface area contributed by atoms with Crippen molar-refractivity contribution in [3.8, 4) is 0 Å². The topological polar surface area (TPSA) is 32.3 Å². The van der Waals surface area contributed by atoms with E-state index in [4.69, 9.17) is 0 Å². The number of rotatable bonds is 6. The quantitative estimate of drug-likeness (QED) is 0.852. The molecule has 5 heteroatoms. The Bertz CT molecular complexity index is 471. The van der Waals surface area contributed by atoms with Gasteiger partial charge in [0.2, 0.25) is 5.91 Å². The lowest BCUT2D eigenvalue weighted by atomic mass is 9.93. The Morgan fingerprint density at radius 2 is 2.23 bits per heavy atom. The van der Waals surface area contributed by atoms with Crippen LogP contribution in [0.4, 0.5) is 0 Å². The van der Waals surface area contributed by atoms with Gasteiger partial charge in [-0.3, -0.25) is 4.79 Å². The molecular weight excluding hydrogens is 316 g/mol. The van der Waals surface area contributed by atoms with Crippen molar-refractivity contribution in [1.82, 2.24) is 10.2 Å². The minimum absolute atomic E-state index is 0. The molecule has 2 fully saturated rings. The fourth-order valence-corrected chi connectivity index (χ4v) is 4.31. The van der Waals surface area contributed by atoms with Crippen LogP contribution in [0.1, 0.15) is 51.0 Å². The average Bonchev–Trinajstić information content (AvgIpc) is 2.95. The summed E-state index contributed by atoms with van der Waals surface area (Å²) in [6.45, 7) is 5.20. The Balaban J connectivity index is 0.00000176. The van der Waals surface area contributed by atoms with Gasteiger partial charge in [0.1, 0.15) is 0 Å². The normalized spacial score (nSPS) is 22.1. The summed E-state index contributed by atoms with van der Waals surface area (Å²) in [5.41, 5.74) is 1.73. The number of carbonyl (C=O) groups is 1. The lowest BCUT2D eigenvalue weighted by Crippen LogP contribution is -2.39. The highest BCUT2D eigenvalue weighted by Gasteiger charge is 2.57. The largest absolute Gasteiger partial charge is 0.335 e. The van der Waals surface area contributed by atoms with Crippen molar-refractivity contribution in [1.29, 1.82) is 0 Å². The van der Waals surface area contributed by atoms with Gasteiger partial charge in [-0.2, -0.15) is 11.3 Å². The highest BCUT2D eigenvalue weighted by atomic mass is 35.5. The maximum atomic E-state index is 12.6. The fraction of sp³-hybridized carbons (Fsp3) is 0.706. The van der Waals surface area contributed by atoms with E-state index in [-0.39, 0.29) is 12.4 Å². The average molecular weight is 343 g/mol. The van der Waals surface area contributed by atoms with E-state index in [9.17, 15) is 4.79 Å². The predicted molar refractivity (Wildman–Crippen MR) is 94.6 cm³/mol. The van der Waals surface area contributed by atoms with Crippen molar-refractivity contribution in [3.63, 3.8) is 0 Å². The van der Waals surface area contributed by atoms with Crippen LogP contribution in [-0.2, 0) is 11.3 Å². The fourth-order valence-electron chi connectivity index (χ4n) is 3.65. The number of piperidine rings is 1. The summed E-state index contributed by atoms with van der Waals surface area (Å²) >= 11 is 1.72. The van der Waals surface area contributed by atoms with Crippen LogP contribution >= 0.6 is 23.7 Å². The molecule has 1 N–H and O–H groups in total. The Morgan fingerprint density at radius 1 is 1.45 bits per heavy atom. The lowest BCUT2D eigenvalue weighted by Gasteiger charge is -2.29. The molecule has 1 unspecified atom stereocenters. The first-order chi connectivity index (χ1) is 10.2. The second kappa shape index (κ2) is 7.80. The molecule has 22 heavy (non-hydrogen) atoms. The molecule has 1 saturated heterocycles. The van der Waals surface area contributed by atoms with Crippen LogP contribution in [0.5, 0.6) is 0 Å². The molecule has 1 aliphatic heterocycles. The van der Waals surface area contributed by atoms with Crippen molar-refractivity contribution in [2.45, 2.75) is 58.0 Å². The van der Waals surface area contributed by atoms with E-state index in [2.05, 4.69) is 34.0 Å². The molecule has 124 valence electrons. The molecule has 0 aromatic carbocycles. The molecule has 1 spiro atoms. The van der Waals surface area contributed by atoms with E-state index in [1.807, 2.05) is 0 Å². The van der Waals surface area contributed by atoms with Gasteiger partial charge in [0.15, 0.2) is 0 Å². The monoisotopic (exact) mass is 342 g/mol. The molecule has 1 amide bonds. The van der Waals surface area contributed by atoms with Gasteiger partial charge in [0, 0.05) is 19.0 Å². The molecule has 2 aliphatic rings. The van der Waals surface area contributed by atoms with E-state index < -0.39 is 0 Å². The van der Waals surface area contributed by atoms with Gasteiger partial charge < -0.3 is 10.2 Å². The third-order valence-electron chi connectivity index (χ3n) is 5.12. The predicted octanol–water partition coefficient (Wildman–Crippen LogP) is 3.83. The van der Waals surface area contributed by atoms with Crippen molar-refractivity contribution < 1.29 is 4.79 Å². The summed E-state index contributed by atoms with van der Waals surface area (Å²) in [4.78, 5) is 14.8. The van der Waals surface area contributed by atoms with Crippen molar-refractivity contribution >= 4 is 29.7 Å². The first kappa shape index (κ1) is 17.8. The zero-order valence-corrected chi connectivity index (χ0v) is 15.0. The number of hydrogen-bond donors (Lipinski definition) is 1. The summed E-state index contributed by atoms with van der Waals surface area (Å²) in [5, 5.41) is 7.73. The molecule has 1 atom stereocenters. The minimum atomic E-state index is 0. The number of carbonyl (C=O) groups excluding carboxylic acids is 1. The smallest absolute Gasteiger partial charge is 0.223 e. The highest BCUT2D eigenvalue weighted by Crippen LogP contribution is 2.56. The number of nitrogens with zero attached hydrogens (tertiary/aromatic N) is 1. The molecule has 1 saturated carbocycles. The third kappa shape index (κ3) is 3.84. The molecule has 2 heterocycles. The van der Waals surface area contributed by atoms with Crippen molar-refractivity contribution in [3.05, 3.63) is 22.4 Å². The standard InChI is InChI=1S/C17H26N2OS.ClH/c1-2-3-4-16(20)19(12-14-5-10-21-13-14)15-11-17(15)6-8-18-9-7-17;/h5,10,13,15,18H,2-4,6-9,11-12H2,1H3;1H. The first-order valence-electron chi connectivity index (χ1n) is 8.26. The second-order valence-corrected chi connectivity index (χ2v) is 7.37. The van der Waals surface area contributed by atoms with Crippen LogP contribution in [0.2, 0.25) is 0 Å². The van der Waals surface area contributed by atoms with Gasteiger partial charge in [-0.25, -0.2) is 0 Å². The lowest BCUT2D eigenvalue weighted by molar-refractivity contribution is -0.133. The first-order valence-corrected chi connectivity index (χ1v) is 9.21. The van der Waals surface area contributed by atoms with Gasteiger partial charge in [0.05, 0.1) is 0 Å². The van der Waals surface area contributed by atoms with Crippen LogP contribution in [0, 0.1) is 5.41 Å². The Labute approximate surface area is 143 Å². The van der Waals surface area contributed by atoms with Crippen LogP contribution in [-0.4, -0.2) is 29.9 Å². The van der Waals surface area contributed by atoms with Gasteiger partial charge >= 0.3 is 0 Å². The van der Waals surface area contributed by atoms with E-state index in [0.29, 0.717) is 23.8 Å². The molecule has 1 aromatic rings. The summed E-state index contributed by atoms with van der Waals surface area (Å²) < 4.78 is 0. The second-order valence-electron chi connectivity index (χ2n) is 6.59. The van der Waals surface area contributed by atoms with Gasteiger partial charge in [0.25, 0.3) is 0 Å². The number of amides is 1. The van der Waals surface area contributed by atoms with Crippen LogP contribution in [0.15, 0.2) is 16.8 Å². The Kier molecular flexibility index (Phi) is 6.30. The zero-order chi connectivity index (χ0) is 14.7. The van der Waals surface area contributed by atoms with Gasteiger partial charge in [-0.05, 0) is 66.6 Å². The maximum absolute atomic E-state index is 12.6. The Hall–Kier alpha value is -0.580. The van der Waals surface area contributed by atoms with Crippen LogP contribution in [0.3, 0.4) is 0 Å². The SMILES string of the molecule is CCCCC(=O)N(Cc1ccsc1)C1CC12CCNCC2.Cl. The number of nitrogens with one attached hydrogen (secondary N) is 1. The molecule has 1 aliphatic carbocycles. The highest BCUT2D eigenvalue weighted by molar-refractivity contribution is 7.07. The molecule has 3 nitrogen and oxygen atoms in total. The summed E-state index contributed by atoms with van der Waals surface area (Å²) in [5.74, 6) is 0.364. The summed E-state index contributed by atoms with van der Waals surface area (Å²) in [6.07, 6.45) is 6.51. The number of hydrogen-bond acceptors (Lipinski definition) is 3. The molecular formula is C17H27ClN2OS. The number of halogens is 1. The number of unbranched alkanes of at least 4 members (excludes halogenated alkanes) is 1. The summed E-state index contributed by atoms with van der Waals surface area (Å²) in [7, 11) is 0. The molecule has 3 rings (SSSR count). The van der Waals surface area contributed by atoms with E-state index in [1.165, 1.54) is 24.8 Å². The maximum Gasteiger partial charge on any atom is 0.223 e. The van der Waals surface area contributed by atoms with Crippen molar-refractivity contribution in [2.24, 2.45) is 5.41 Å². The minimum Gasteiger partial charge on any atom is -0.335 e. The van der Waals surface area contributed by atoms with Crippen LogP contribution < -0.4 is 5.32 Å².